The molecule has 2 nitrogen and oxygen atoms in total. The van der Waals surface area contributed by atoms with Crippen molar-refractivity contribution >= 4 is 0 Å². The number of ether oxygens (including phenoxy) is 1. The van der Waals surface area contributed by atoms with Crippen LogP contribution in [0.5, 0.6) is 0 Å². The molecule has 0 aliphatic rings. The van der Waals surface area contributed by atoms with E-state index in [4.69, 9.17) is 4.74 Å². The van der Waals surface area contributed by atoms with Gasteiger partial charge in [0.15, 0.2) is 0 Å². The molecule has 0 spiro atoms. The van der Waals surface area contributed by atoms with Crippen LogP contribution in [-0.2, 0) is 4.74 Å². The smallest absolute Gasteiger partial charge is 0.0598 e. The molecule has 110 valence electrons. The third kappa shape index (κ3) is 9.90. The van der Waals surface area contributed by atoms with Crippen molar-refractivity contribution in [2.24, 2.45) is 11.3 Å². The molecule has 0 saturated heterocycles. The average molecular weight is 257 g/mol. The lowest BCUT2D eigenvalue weighted by Crippen LogP contribution is -2.35. The van der Waals surface area contributed by atoms with Crippen molar-refractivity contribution < 1.29 is 4.74 Å². The van der Waals surface area contributed by atoms with E-state index in [1.807, 2.05) is 0 Å². The van der Waals surface area contributed by atoms with Gasteiger partial charge in [0, 0.05) is 13.2 Å². The average Bonchev–Trinajstić information content (AvgIpc) is 2.14. The molecule has 0 saturated carbocycles. The van der Waals surface area contributed by atoms with E-state index < -0.39 is 0 Å². The SMILES string of the molecule is CCCC(C)(CCOC(C)(C)C)CNCC(C)C. The molecule has 0 bridgehead atoms. The molecular weight excluding hydrogens is 222 g/mol. The summed E-state index contributed by atoms with van der Waals surface area (Å²) in [6, 6.07) is 0. The Morgan fingerprint density at radius 2 is 1.67 bits per heavy atom. The van der Waals surface area contributed by atoms with Crippen LogP contribution in [0.2, 0.25) is 0 Å². The fourth-order valence-corrected chi connectivity index (χ4v) is 2.17. The summed E-state index contributed by atoms with van der Waals surface area (Å²) in [6.07, 6.45) is 3.66. The third-order valence-electron chi connectivity index (χ3n) is 3.20. The van der Waals surface area contributed by atoms with Crippen LogP contribution >= 0.6 is 0 Å². The summed E-state index contributed by atoms with van der Waals surface area (Å²) in [6.45, 7) is 18.6. The first-order valence-corrected chi connectivity index (χ1v) is 7.53. The highest BCUT2D eigenvalue weighted by Gasteiger charge is 2.23. The van der Waals surface area contributed by atoms with Gasteiger partial charge in [0.05, 0.1) is 5.60 Å². The summed E-state index contributed by atoms with van der Waals surface area (Å²) >= 11 is 0. The molecule has 0 fully saturated rings. The zero-order valence-corrected chi connectivity index (χ0v) is 13.7. The number of rotatable bonds is 9. The summed E-state index contributed by atoms with van der Waals surface area (Å²) in [5, 5.41) is 3.60. The standard InChI is InChI=1S/C16H35NO/c1-8-9-16(7,13-17-12-14(2)3)10-11-18-15(4,5)6/h14,17H,8-13H2,1-7H3. The van der Waals surface area contributed by atoms with E-state index in [0.29, 0.717) is 5.41 Å². The van der Waals surface area contributed by atoms with Crippen LogP contribution in [0.25, 0.3) is 0 Å². The first-order chi connectivity index (χ1) is 8.18. The van der Waals surface area contributed by atoms with Crippen LogP contribution in [0.3, 0.4) is 0 Å². The minimum atomic E-state index is -0.0154. The molecule has 18 heavy (non-hydrogen) atoms. The first kappa shape index (κ1) is 17.9. The van der Waals surface area contributed by atoms with E-state index in [9.17, 15) is 0 Å². The van der Waals surface area contributed by atoms with Gasteiger partial charge in [-0.05, 0) is 51.5 Å². The van der Waals surface area contributed by atoms with Gasteiger partial charge >= 0.3 is 0 Å². The van der Waals surface area contributed by atoms with Crippen LogP contribution in [0.1, 0.15) is 67.7 Å². The molecule has 1 atom stereocenters. The molecule has 0 aliphatic carbocycles. The van der Waals surface area contributed by atoms with Crippen LogP contribution in [0.4, 0.5) is 0 Å². The Labute approximate surface area is 115 Å². The summed E-state index contributed by atoms with van der Waals surface area (Å²) in [4.78, 5) is 0. The maximum absolute atomic E-state index is 5.87. The Balaban J connectivity index is 4.08. The van der Waals surface area contributed by atoms with Gasteiger partial charge in [0.2, 0.25) is 0 Å². The number of nitrogens with one attached hydrogen (secondary N) is 1. The van der Waals surface area contributed by atoms with Crippen molar-refractivity contribution in [1.82, 2.24) is 5.32 Å². The largest absolute Gasteiger partial charge is 0.376 e. The lowest BCUT2D eigenvalue weighted by Gasteiger charge is -2.31. The van der Waals surface area contributed by atoms with E-state index in [0.717, 1.165) is 32.0 Å². The van der Waals surface area contributed by atoms with Crippen LogP contribution in [0, 0.1) is 11.3 Å². The van der Waals surface area contributed by atoms with E-state index >= 15 is 0 Å². The number of hydrogen-bond donors (Lipinski definition) is 1. The highest BCUT2D eigenvalue weighted by Crippen LogP contribution is 2.27. The van der Waals surface area contributed by atoms with Gasteiger partial charge in [-0.25, -0.2) is 0 Å². The van der Waals surface area contributed by atoms with E-state index in [2.05, 4.69) is 53.8 Å². The monoisotopic (exact) mass is 257 g/mol. The molecule has 0 aliphatic heterocycles. The van der Waals surface area contributed by atoms with Crippen molar-refractivity contribution in [2.45, 2.75) is 73.3 Å². The Kier molecular flexibility index (Phi) is 8.13. The second kappa shape index (κ2) is 8.16. The van der Waals surface area contributed by atoms with Gasteiger partial charge in [-0.2, -0.15) is 0 Å². The molecule has 2 heteroatoms. The Morgan fingerprint density at radius 1 is 1.06 bits per heavy atom. The zero-order chi connectivity index (χ0) is 14.2. The van der Waals surface area contributed by atoms with Crippen molar-refractivity contribution in [3.05, 3.63) is 0 Å². The quantitative estimate of drug-likeness (QED) is 0.667. The summed E-state index contributed by atoms with van der Waals surface area (Å²) in [5.41, 5.74) is 0.355. The van der Waals surface area contributed by atoms with Crippen molar-refractivity contribution in [1.29, 1.82) is 0 Å². The van der Waals surface area contributed by atoms with Gasteiger partial charge < -0.3 is 10.1 Å². The highest BCUT2D eigenvalue weighted by molar-refractivity contribution is 4.77. The van der Waals surface area contributed by atoms with Crippen molar-refractivity contribution in [3.63, 3.8) is 0 Å². The lowest BCUT2D eigenvalue weighted by molar-refractivity contribution is -0.0180. The fourth-order valence-electron chi connectivity index (χ4n) is 2.17. The van der Waals surface area contributed by atoms with Gasteiger partial charge in [-0.15, -0.1) is 0 Å². The molecule has 0 amide bonds. The molecule has 1 unspecified atom stereocenters. The van der Waals surface area contributed by atoms with Gasteiger partial charge in [-0.3, -0.25) is 0 Å². The van der Waals surface area contributed by atoms with Crippen LogP contribution < -0.4 is 5.32 Å². The summed E-state index contributed by atoms with van der Waals surface area (Å²) in [7, 11) is 0. The van der Waals surface area contributed by atoms with Gasteiger partial charge in [0.25, 0.3) is 0 Å². The topological polar surface area (TPSA) is 21.3 Å². The molecule has 0 aromatic rings. The molecule has 0 heterocycles. The molecule has 0 aromatic carbocycles. The normalized spacial score (nSPS) is 16.0. The predicted molar refractivity (Wildman–Crippen MR) is 81.0 cm³/mol. The lowest BCUT2D eigenvalue weighted by atomic mass is 9.82. The third-order valence-corrected chi connectivity index (χ3v) is 3.20. The Bertz CT molecular complexity index is 208. The second-order valence-corrected chi connectivity index (χ2v) is 7.30. The minimum absolute atomic E-state index is 0.0154. The summed E-state index contributed by atoms with van der Waals surface area (Å²) in [5.74, 6) is 0.724. The second-order valence-electron chi connectivity index (χ2n) is 7.30. The molecule has 1 N–H and O–H groups in total. The minimum Gasteiger partial charge on any atom is -0.376 e. The van der Waals surface area contributed by atoms with Gasteiger partial charge in [0.1, 0.15) is 0 Å². The van der Waals surface area contributed by atoms with Gasteiger partial charge in [-0.1, -0.05) is 34.1 Å². The maximum Gasteiger partial charge on any atom is 0.0598 e. The Morgan fingerprint density at radius 3 is 2.11 bits per heavy atom. The maximum atomic E-state index is 5.87. The molecule has 0 aromatic heterocycles. The Hall–Kier alpha value is -0.0800. The molecule has 0 rings (SSSR count). The summed E-state index contributed by atoms with van der Waals surface area (Å²) < 4.78 is 5.87. The predicted octanol–water partition coefficient (Wildman–Crippen LogP) is 4.24. The highest BCUT2D eigenvalue weighted by atomic mass is 16.5. The van der Waals surface area contributed by atoms with Crippen molar-refractivity contribution in [2.75, 3.05) is 19.7 Å². The van der Waals surface area contributed by atoms with E-state index in [1.165, 1.54) is 12.8 Å². The van der Waals surface area contributed by atoms with E-state index in [-0.39, 0.29) is 5.60 Å². The van der Waals surface area contributed by atoms with E-state index in [1.54, 1.807) is 0 Å². The first-order valence-electron chi connectivity index (χ1n) is 7.53. The van der Waals surface area contributed by atoms with Crippen LogP contribution in [-0.4, -0.2) is 25.3 Å². The fraction of sp³-hybridized carbons (Fsp3) is 1.00. The molecular formula is C16H35NO. The molecule has 0 radical (unpaired) electrons. The zero-order valence-electron chi connectivity index (χ0n) is 13.7. The van der Waals surface area contributed by atoms with Crippen LogP contribution in [0.15, 0.2) is 0 Å². The van der Waals surface area contributed by atoms with Crippen molar-refractivity contribution in [3.8, 4) is 0 Å². The number of hydrogen-bond acceptors (Lipinski definition) is 2.